The highest BCUT2D eigenvalue weighted by Gasteiger charge is 2.32. The van der Waals surface area contributed by atoms with Gasteiger partial charge in [-0.3, -0.25) is 4.79 Å². The molecule has 1 aliphatic heterocycles. The molecule has 11 heavy (non-hydrogen) atoms. The van der Waals surface area contributed by atoms with Crippen LogP contribution in [0.25, 0.3) is 0 Å². The minimum atomic E-state index is -3.23. The summed E-state index contributed by atoms with van der Waals surface area (Å²) in [7, 11) is -3.23. The molecule has 2 N–H and O–H groups in total. The Balaban J connectivity index is 2.85. The van der Waals surface area contributed by atoms with Crippen LogP contribution in [-0.4, -0.2) is 25.3 Å². The van der Waals surface area contributed by atoms with E-state index in [1.54, 1.807) is 6.42 Å². The molecular formula is C6H10NO3S. The van der Waals surface area contributed by atoms with Crippen LogP contribution in [0, 0.1) is 6.42 Å². The van der Waals surface area contributed by atoms with Crippen molar-refractivity contribution in [1.82, 2.24) is 0 Å². The zero-order chi connectivity index (χ0) is 8.48. The van der Waals surface area contributed by atoms with Gasteiger partial charge in [-0.05, 0) is 19.3 Å². The summed E-state index contributed by atoms with van der Waals surface area (Å²) >= 11 is 0. The fraction of sp³-hybridized carbons (Fsp3) is 0.667. The number of hydrogen-bond acceptors (Lipinski definition) is 3. The van der Waals surface area contributed by atoms with Crippen LogP contribution in [0.4, 0.5) is 0 Å². The molecular weight excluding hydrogens is 166 g/mol. The molecule has 0 spiro atoms. The first-order valence-electron chi connectivity index (χ1n) is 3.36. The number of sulfone groups is 1. The summed E-state index contributed by atoms with van der Waals surface area (Å²) in [4.78, 5) is 10.6. The second-order valence-corrected chi connectivity index (χ2v) is 4.87. The summed E-state index contributed by atoms with van der Waals surface area (Å²) in [6, 6.07) is 0. The average Bonchev–Trinajstić information content (AvgIpc) is 1.85. The summed E-state index contributed by atoms with van der Waals surface area (Å²) in [5.41, 5.74) is 4.90. The molecule has 0 aliphatic carbocycles. The molecule has 0 aromatic rings. The van der Waals surface area contributed by atoms with E-state index in [-0.39, 0.29) is 12.2 Å². The van der Waals surface area contributed by atoms with Crippen LogP contribution in [-0.2, 0) is 14.6 Å². The maximum Gasteiger partial charge on any atom is 0.235 e. The van der Waals surface area contributed by atoms with Crippen LogP contribution in [0.3, 0.4) is 0 Å². The highest BCUT2D eigenvalue weighted by atomic mass is 32.2. The molecule has 1 unspecified atom stereocenters. The summed E-state index contributed by atoms with van der Waals surface area (Å²) in [6.45, 7) is 0. The van der Waals surface area contributed by atoms with Crippen molar-refractivity contribution in [3.8, 4) is 0 Å². The number of carbonyl (C=O) groups is 1. The molecule has 1 saturated heterocycles. The van der Waals surface area contributed by atoms with Gasteiger partial charge in [-0.1, -0.05) is 0 Å². The second kappa shape index (κ2) is 2.81. The van der Waals surface area contributed by atoms with E-state index in [0.717, 1.165) is 0 Å². The van der Waals surface area contributed by atoms with E-state index in [1.807, 2.05) is 0 Å². The highest BCUT2D eigenvalue weighted by molar-refractivity contribution is 7.92. The second-order valence-electron chi connectivity index (χ2n) is 2.57. The van der Waals surface area contributed by atoms with E-state index in [1.165, 1.54) is 0 Å². The van der Waals surface area contributed by atoms with E-state index >= 15 is 0 Å². The molecule has 1 heterocycles. The Morgan fingerprint density at radius 1 is 1.55 bits per heavy atom. The smallest absolute Gasteiger partial charge is 0.235 e. The van der Waals surface area contributed by atoms with E-state index in [2.05, 4.69) is 0 Å². The van der Waals surface area contributed by atoms with Gasteiger partial charge in [0.15, 0.2) is 9.84 Å². The van der Waals surface area contributed by atoms with Gasteiger partial charge in [0, 0.05) is 0 Å². The first-order valence-corrected chi connectivity index (χ1v) is 5.08. The van der Waals surface area contributed by atoms with Crippen LogP contribution >= 0.6 is 0 Å². The molecule has 4 nitrogen and oxygen atoms in total. The monoisotopic (exact) mass is 176 g/mol. The highest BCUT2D eigenvalue weighted by Crippen LogP contribution is 2.17. The summed E-state index contributed by atoms with van der Waals surface area (Å²) in [5, 5.41) is -0.976. The first kappa shape index (κ1) is 8.52. The summed E-state index contributed by atoms with van der Waals surface area (Å²) in [5.74, 6) is -0.679. The molecule has 1 atom stereocenters. The Labute approximate surface area is 65.7 Å². The fourth-order valence-corrected chi connectivity index (χ4v) is 2.66. The third kappa shape index (κ3) is 1.71. The minimum absolute atomic E-state index is 0.0562. The Kier molecular flexibility index (Phi) is 2.17. The number of amides is 1. The Morgan fingerprint density at radius 2 is 2.18 bits per heavy atom. The van der Waals surface area contributed by atoms with Crippen molar-refractivity contribution in [2.45, 2.75) is 18.1 Å². The molecule has 1 rings (SSSR count). The maximum absolute atomic E-state index is 11.1. The van der Waals surface area contributed by atoms with Gasteiger partial charge in [0.1, 0.15) is 5.25 Å². The van der Waals surface area contributed by atoms with E-state index < -0.39 is 21.0 Å². The van der Waals surface area contributed by atoms with E-state index in [9.17, 15) is 13.2 Å². The van der Waals surface area contributed by atoms with Crippen molar-refractivity contribution in [3.05, 3.63) is 6.42 Å². The van der Waals surface area contributed by atoms with Crippen molar-refractivity contribution >= 4 is 15.7 Å². The molecule has 0 bridgehead atoms. The zero-order valence-electron chi connectivity index (χ0n) is 5.99. The predicted molar refractivity (Wildman–Crippen MR) is 40.3 cm³/mol. The van der Waals surface area contributed by atoms with Crippen molar-refractivity contribution in [3.63, 3.8) is 0 Å². The maximum atomic E-state index is 11.1. The molecule has 5 heteroatoms. The van der Waals surface area contributed by atoms with Crippen molar-refractivity contribution in [2.24, 2.45) is 5.73 Å². The molecule has 1 aliphatic rings. The molecule has 0 saturated carbocycles. The van der Waals surface area contributed by atoms with Crippen LogP contribution in [0.15, 0.2) is 0 Å². The first-order chi connectivity index (χ1) is 5.04. The number of carbonyl (C=O) groups excluding carboxylic acids is 1. The number of primary amides is 1. The van der Waals surface area contributed by atoms with Crippen LogP contribution in [0.5, 0.6) is 0 Å². The van der Waals surface area contributed by atoms with Gasteiger partial charge < -0.3 is 5.73 Å². The van der Waals surface area contributed by atoms with Crippen LogP contribution in [0.1, 0.15) is 12.8 Å². The lowest BCUT2D eigenvalue weighted by Gasteiger charge is -2.18. The third-order valence-electron chi connectivity index (χ3n) is 1.74. The zero-order valence-corrected chi connectivity index (χ0v) is 6.80. The lowest BCUT2D eigenvalue weighted by Crippen LogP contribution is -2.39. The predicted octanol–water partition coefficient (Wildman–Crippen LogP) is -0.747. The quantitative estimate of drug-likeness (QED) is 0.571. The van der Waals surface area contributed by atoms with E-state index in [0.29, 0.717) is 6.42 Å². The average molecular weight is 176 g/mol. The summed E-state index contributed by atoms with van der Waals surface area (Å²) in [6.07, 6.45) is 2.60. The molecule has 0 aromatic carbocycles. The lowest BCUT2D eigenvalue weighted by molar-refractivity contribution is -0.117. The van der Waals surface area contributed by atoms with Gasteiger partial charge in [-0.2, -0.15) is 0 Å². The van der Waals surface area contributed by atoms with Gasteiger partial charge in [0.05, 0.1) is 5.75 Å². The third-order valence-corrected chi connectivity index (χ3v) is 3.83. The SMILES string of the molecule is NC(=O)C1C[CH]CCS1(=O)=O. The van der Waals surface area contributed by atoms with Crippen molar-refractivity contribution in [2.75, 3.05) is 5.75 Å². The van der Waals surface area contributed by atoms with Crippen molar-refractivity contribution < 1.29 is 13.2 Å². The topological polar surface area (TPSA) is 77.2 Å². The van der Waals surface area contributed by atoms with Crippen molar-refractivity contribution in [1.29, 1.82) is 0 Å². The fourth-order valence-electron chi connectivity index (χ4n) is 1.10. The van der Waals surface area contributed by atoms with Gasteiger partial charge in [-0.15, -0.1) is 0 Å². The van der Waals surface area contributed by atoms with E-state index in [4.69, 9.17) is 5.73 Å². The van der Waals surface area contributed by atoms with Crippen LogP contribution < -0.4 is 5.73 Å². The standard InChI is InChI=1S/C6H10NO3S/c7-6(8)5-3-1-2-4-11(5,9)10/h1,5H,2-4H2,(H2,7,8). The van der Waals surface area contributed by atoms with Gasteiger partial charge in [-0.25, -0.2) is 8.42 Å². The number of rotatable bonds is 1. The number of nitrogens with two attached hydrogens (primary N) is 1. The van der Waals surface area contributed by atoms with Gasteiger partial charge >= 0.3 is 0 Å². The minimum Gasteiger partial charge on any atom is -0.369 e. The van der Waals surface area contributed by atoms with Gasteiger partial charge in [0.25, 0.3) is 0 Å². The normalized spacial score (nSPS) is 29.6. The molecule has 63 valence electrons. The molecule has 1 radical (unpaired) electrons. The van der Waals surface area contributed by atoms with Gasteiger partial charge in [0.2, 0.25) is 5.91 Å². The Bertz CT molecular complexity index is 257. The Hall–Kier alpha value is -0.580. The molecule has 1 fully saturated rings. The number of hydrogen-bond donors (Lipinski definition) is 1. The Morgan fingerprint density at radius 3 is 2.55 bits per heavy atom. The summed E-state index contributed by atoms with van der Waals surface area (Å²) < 4.78 is 22.2. The largest absolute Gasteiger partial charge is 0.369 e. The van der Waals surface area contributed by atoms with Crippen LogP contribution in [0.2, 0.25) is 0 Å². The molecule has 0 aromatic heterocycles. The molecule has 1 amide bonds. The lowest BCUT2D eigenvalue weighted by atomic mass is 10.2.